The highest BCUT2D eigenvalue weighted by Crippen LogP contribution is 2.31. The van der Waals surface area contributed by atoms with Gasteiger partial charge in [-0.1, -0.05) is 27.2 Å². The molecule has 3 nitrogen and oxygen atoms in total. The summed E-state index contributed by atoms with van der Waals surface area (Å²) in [4.78, 5) is 3.98. The molecule has 0 aromatic carbocycles. The third-order valence-corrected chi connectivity index (χ3v) is 2.62. The molecule has 0 saturated carbocycles. The number of halogens is 2. The van der Waals surface area contributed by atoms with Crippen molar-refractivity contribution in [3.05, 3.63) is 11.6 Å². The summed E-state index contributed by atoms with van der Waals surface area (Å²) in [6.45, 7) is 5.96. The first kappa shape index (κ1) is 14.1. The Hall–Kier alpha value is -1.00. The highest BCUT2D eigenvalue weighted by molar-refractivity contribution is 5.00. The SMILES string of the molecule is CCCCC(F)(F)c1nc(CC(C)C)n(C)n1. The number of hydrogen-bond acceptors (Lipinski definition) is 2. The van der Waals surface area contributed by atoms with Crippen LogP contribution in [0.25, 0.3) is 0 Å². The number of nitrogens with zero attached hydrogens (tertiary/aromatic N) is 3. The smallest absolute Gasteiger partial charge is 0.253 e. The third kappa shape index (κ3) is 3.75. The zero-order valence-corrected chi connectivity index (χ0v) is 11.0. The van der Waals surface area contributed by atoms with Crippen LogP contribution in [0.15, 0.2) is 0 Å². The van der Waals surface area contributed by atoms with E-state index in [2.05, 4.69) is 10.1 Å². The number of alkyl halides is 2. The van der Waals surface area contributed by atoms with Crippen molar-refractivity contribution in [3.8, 4) is 0 Å². The van der Waals surface area contributed by atoms with Crippen molar-refractivity contribution in [1.29, 1.82) is 0 Å². The largest absolute Gasteiger partial charge is 0.308 e. The Bertz CT molecular complexity index is 359. The quantitative estimate of drug-likeness (QED) is 0.770. The fourth-order valence-corrected chi connectivity index (χ4v) is 1.63. The monoisotopic (exact) mass is 245 g/mol. The second kappa shape index (κ2) is 5.56. The van der Waals surface area contributed by atoms with Gasteiger partial charge >= 0.3 is 5.92 Å². The third-order valence-electron chi connectivity index (χ3n) is 2.62. The second-order valence-electron chi connectivity index (χ2n) is 4.88. The summed E-state index contributed by atoms with van der Waals surface area (Å²) in [6, 6.07) is 0. The Kier molecular flexibility index (Phi) is 4.60. The minimum absolute atomic E-state index is 0.172. The molecule has 0 aliphatic heterocycles. The summed E-state index contributed by atoms with van der Waals surface area (Å²) in [5.41, 5.74) is 0. The minimum atomic E-state index is -2.90. The molecule has 17 heavy (non-hydrogen) atoms. The molecule has 0 fully saturated rings. The molecule has 0 spiro atoms. The molecule has 5 heteroatoms. The van der Waals surface area contributed by atoms with Crippen LogP contribution in [0.3, 0.4) is 0 Å². The predicted octanol–water partition coefficient (Wildman–Crippen LogP) is 3.30. The van der Waals surface area contributed by atoms with Crippen molar-refractivity contribution in [2.75, 3.05) is 0 Å². The van der Waals surface area contributed by atoms with Crippen molar-refractivity contribution < 1.29 is 8.78 Å². The summed E-state index contributed by atoms with van der Waals surface area (Å²) in [7, 11) is 1.67. The highest BCUT2D eigenvalue weighted by Gasteiger charge is 2.36. The van der Waals surface area contributed by atoms with Crippen LogP contribution in [0.5, 0.6) is 0 Å². The normalized spacial score (nSPS) is 12.4. The van der Waals surface area contributed by atoms with Gasteiger partial charge in [-0.2, -0.15) is 8.78 Å². The van der Waals surface area contributed by atoms with Gasteiger partial charge in [0.15, 0.2) is 0 Å². The summed E-state index contributed by atoms with van der Waals surface area (Å²) < 4.78 is 28.9. The zero-order valence-electron chi connectivity index (χ0n) is 11.0. The molecular weight excluding hydrogens is 224 g/mol. The van der Waals surface area contributed by atoms with E-state index in [0.717, 1.165) is 6.42 Å². The van der Waals surface area contributed by atoms with E-state index in [1.54, 1.807) is 7.05 Å². The van der Waals surface area contributed by atoms with Crippen LogP contribution in [0.4, 0.5) is 8.78 Å². The van der Waals surface area contributed by atoms with Crippen molar-refractivity contribution in [2.45, 2.75) is 52.4 Å². The number of rotatable bonds is 6. The first-order valence-electron chi connectivity index (χ1n) is 6.15. The lowest BCUT2D eigenvalue weighted by molar-refractivity contribution is -0.0245. The molecular formula is C12H21F2N3. The van der Waals surface area contributed by atoms with Crippen LogP contribution in [0, 0.1) is 5.92 Å². The van der Waals surface area contributed by atoms with Gasteiger partial charge in [0, 0.05) is 19.9 Å². The standard InChI is InChI=1S/C12H21F2N3/c1-5-6-7-12(13,14)11-15-10(8-9(2)3)17(4)16-11/h9H,5-8H2,1-4H3. The first-order valence-corrected chi connectivity index (χ1v) is 6.15. The van der Waals surface area contributed by atoms with Crippen molar-refractivity contribution in [3.63, 3.8) is 0 Å². The molecule has 98 valence electrons. The van der Waals surface area contributed by atoms with Gasteiger partial charge in [-0.05, 0) is 12.3 Å². The number of aromatic nitrogens is 3. The van der Waals surface area contributed by atoms with E-state index in [4.69, 9.17) is 0 Å². The van der Waals surface area contributed by atoms with Gasteiger partial charge in [-0.15, -0.1) is 5.10 Å². The maximum atomic E-state index is 13.7. The fourth-order valence-electron chi connectivity index (χ4n) is 1.63. The number of aryl methyl sites for hydroxylation is 1. The van der Waals surface area contributed by atoms with Gasteiger partial charge in [0.05, 0.1) is 0 Å². The molecule has 0 aliphatic rings. The van der Waals surface area contributed by atoms with Crippen LogP contribution in [-0.2, 0) is 19.4 Å². The van der Waals surface area contributed by atoms with Crippen LogP contribution in [0.2, 0.25) is 0 Å². The zero-order chi connectivity index (χ0) is 13.1. The summed E-state index contributed by atoms with van der Waals surface area (Å²) >= 11 is 0. The Morgan fingerprint density at radius 2 is 2.00 bits per heavy atom. The van der Waals surface area contributed by atoms with Crippen molar-refractivity contribution in [2.24, 2.45) is 13.0 Å². The average molecular weight is 245 g/mol. The van der Waals surface area contributed by atoms with Crippen LogP contribution < -0.4 is 0 Å². The molecule has 1 aromatic heterocycles. The molecule has 0 atom stereocenters. The maximum Gasteiger partial charge on any atom is 0.308 e. The van der Waals surface area contributed by atoms with Gasteiger partial charge < -0.3 is 0 Å². The molecule has 0 unspecified atom stereocenters. The van der Waals surface area contributed by atoms with E-state index in [0.29, 0.717) is 24.6 Å². The average Bonchev–Trinajstić information content (AvgIpc) is 2.57. The fraction of sp³-hybridized carbons (Fsp3) is 0.833. The van der Waals surface area contributed by atoms with Gasteiger partial charge in [-0.3, -0.25) is 4.68 Å². The molecule has 1 heterocycles. The van der Waals surface area contributed by atoms with Crippen LogP contribution >= 0.6 is 0 Å². The van der Waals surface area contributed by atoms with E-state index in [1.165, 1.54) is 4.68 Å². The van der Waals surface area contributed by atoms with E-state index in [-0.39, 0.29) is 12.2 Å². The van der Waals surface area contributed by atoms with Crippen molar-refractivity contribution in [1.82, 2.24) is 14.8 Å². The summed E-state index contributed by atoms with van der Waals surface area (Å²) in [5, 5.41) is 3.84. The summed E-state index contributed by atoms with van der Waals surface area (Å²) in [5.74, 6) is -2.21. The lowest BCUT2D eigenvalue weighted by atomic mass is 10.1. The highest BCUT2D eigenvalue weighted by atomic mass is 19.3. The Morgan fingerprint density at radius 3 is 2.53 bits per heavy atom. The van der Waals surface area contributed by atoms with E-state index in [9.17, 15) is 8.78 Å². The Labute approximate surface area is 101 Å². The summed E-state index contributed by atoms with van der Waals surface area (Å²) in [6.07, 6.45) is 1.74. The molecule has 0 amide bonds. The molecule has 1 rings (SSSR count). The number of unbranched alkanes of at least 4 members (excludes halogenated alkanes) is 1. The van der Waals surface area contributed by atoms with Gasteiger partial charge in [0.1, 0.15) is 5.82 Å². The van der Waals surface area contributed by atoms with E-state index >= 15 is 0 Å². The van der Waals surface area contributed by atoms with Gasteiger partial charge in [0.2, 0.25) is 5.82 Å². The molecule has 0 saturated heterocycles. The topological polar surface area (TPSA) is 30.7 Å². The molecule has 0 radical (unpaired) electrons. The predicted molar refractivity (Wildman–Crippen MR) is 63.0 cm³/mol. The number of hydrogen-bond donors (Lipinski definition) is 0. The van der Waals surface area contributed by atoms with E-state index in [1.807, 2.05) is 20.8 Å². The van der Waals surface area contributed by atoms with Gasteiger partial charge in [-0.25, -0.2) is 4.98 Å². The molecule has 1 aromatic rings. The molecule has 0 N–H and O–H groups in total. The second-order valence-corrected chi connectivity index (χ2v) is 4.88. The Balaban J connectivity index is 2.84. The van der Waals surface area contributed by atoms with E-state index < -0.39 is 5.92 Å². The lowest BCUT2D eigenvalue weighted by Crippen LogP contribution is -2.15. The van der Waals surface area contributed by atoms with Crippen molar-refractivity contribution >= 4 is 0 Å². The Morgan fingerprint density at radius 1 is 1.35 bits per heavy atom. The first-order chi connectivity index (χ1) is 7.86. The van der Waals surface area contributed by atoms with Crippen LogP contribution in [-0.4, -0.2) is 14.8 Å². The molecule has 0 bridgehead atoms. The minimum Gasteiger partial charge on any atom is -0.253 e. The van der Waals surface area contributed by atoms with Gasteiger partial charge in [0.25, 0.3) is 0 Å². The lowest BCUT2D eigenvalue weighted by Gasteiger charge is -2.11. The molecule has 0 aliphatic carbocycles. The maximum absolute atomic E-state index is 13.7. The van der Waals surface area contributed by atoms with Crippen LogP contribution in [0.1, 0.15) is 51.7 Å².